The second kappa shape index (κ2) is 7.87. The molecular weight excluding hydrogens is 349 g/mol. The third kappa shape index (κ3) is 3.85. The maximum atomic E-state index is 14.0. The van der Waals surface area contributed by atoms with Crippen molar-refractivity contribution in [1.29, 1.82) is 0 Å². The van der Waals surface area contributed by atoms with Gasteiger partial charge in [-0.15, -0.1) is 0 Å². The lowest BCUT2D eigenvalue weighted by atomic mass is 10.2. The van der Waals surface area contributed by atoms with Gasteiger partial charge in [0, 0.05) is 45.5 Å². The molecule has 2 aromatic rings. The molecule has 7 nitrogen and oxygen atoms in total. The third-order valence-electron chi connectivity index (χ3n) is 4.92. The lowest BCUT2D eigenvalue weighted by Crippen LogP contribution is -2.49. The molecule has 27 heavy (non-hydrogen) atoms. The Kier molecular flexibility index (Phi) is 5.15. The molecule has 142 valence electrons. The zero-order valence-electron chi connectivity index (χ0n) is 15.1. The number of ether oxygens (including phenoxy) is 1. The van der Waals surface area contributed by atoms with Gasteiger partial charge in [0.1, 0.15) is 11.5 Å². The predicted molar refractivity (Wildman–Crippen MR) is 99.6 cm³/mol. The fourth-order valence-electron chi connectivity index (χ4n) is 3.40. The minimum absolute atomic E-state index is 0.111. The van der Waals surface area contributed by atoms with Crippen molar-refractivity contribution in [3.63, 3.8) is 0 Å². The summed E-state index contributed by atoms with van der Waals surface area (Å²) in [5, 5.41) is 0. The van der Waals surface area contributed by atoms with Crippen LogP contribution in [0.4, 0.5) is 16.0 Å². The number of hydrogen-bond donors (Lipinski definition) is 0. The van der Waals surface area contributed by atoms with Crippen molar-refractivity contribution < 1.29 is 13.9 Å². The number of morpholine rings is 1. The standard InChI is InChI=1S/C19H22FN5O2/c20-15-3-1-2-4-17(15)23-7-9-24(10-8-23)18(26)16-5-6-21-19(22-16)25-11-13-27-14-12-25/h1-6H,7-14H2. The Balaban J connectivity index is 1.41. The zero-order chi connectivity index (χ0) is 18.6. The molecule has 8 heteroatoms. The molecular formula is C19H22FN5O2. The van der Waals surface area contributed by atoms with E-state index in [1.54, 1.807) is 29.3 Å². The van der Waals surface area contributed by atoms with Gasteiger partial charge in [0.15, 0.2) is 0 Å². The molecule has 2 aliphatic rings. The van der Waals surface area contributed by atoms with Crippen LogP contribution in [0.25, 0.3) is 0 Å². The van der Waals surface area contributed by atoms with Crippen LogP contribution < -0.4 is 9.80 Å². The van der Waals surface area contributed by atoms with Gasteiger partial charge < -0.3 is 19.4 Å². The molecule has 0 spiro atoms. The Hall–Kier alpha value is -2.74. The molecule has 2 aliphatic heterocycles. The predicted octanol–water partition coefficient (Wildman–Crippen LogP) is 1.41. The number of carbonyl (C=O) groups excluding carboxylic acids is 1. The normalized spacial score (nSPS) is 17.9. The van der Waals surface area contributed by atoms with Crippen LogP contribution >= 0.6 is 0 Å². The summed E-state index contributed by atoms with van der Waals surface area (Å²) in [6.45, 7) is 4.97. The van der Waals surface area contributed by atoms with E-state index in [4.69, 9.17) is 4.74 Å². The molecule has 0 unspecified atom stereocenters. The van der Waals surface area contributed by atoms with E-state index in [9.17, 15) is 9.18 Å². The first-order valence-corrected chi connectivity index (χ1v) is 9.17. The fraction of sp³-hybridized carbons (Fsp3) is 0.421. The Bertz CT molecular complexity index is 804. The van der Waals surface area contributed by atoms with Crippen LogP contribution in [0.1, 0.15) is 10.5 Å². The van der Waals surface area contributed by atoms with Crippen molar-refractivity contribution in [3.05, 3.63) is 48.0 Å². The summed E-state index contributed by atoms with van der Waals surface area (Å²) in [4.78, 5) is 27.4. The Morgan fingerprint density at radius 1 is 0.963 bits per heavy atom. The molecule has 0 aliphatic carbocycles. The van der Waals surface area contributed by atoms with Gasteiger partial charge in [0.2, 0.25) is 5.95 Å². The maximum absolute atomic E-state index is 14.0. The number of rotatable bonds is 3. The van der Waals surface area contributed by atoms with Crippen LogP contribution in [-0.2, 0) is 4.74 Å². The number of benzene rings is 1. The van der Waals surface area contributed by atoms with E-state index in [2.05, 4.69) is 9.97 Å². The number of aromatic nitrogens is 2. The van der Waals surface area contributed by atoms with E-state index in [-0.39, 0.29) is 11.7 Å². The highest BCUT2D eigenvalue weighted by atomic mass is 19.1. The molecule has 1 aromatic heterocycles. The first-order chi connectivity index (χ1) is 13.2. The van der Waals surface area contributed by atoms with E-state index in [1.807, 2.05) is 15.9 Å². The molecule has 1 amide bonds. The fourth-order valence-corrected chi connectivity index (χ4v) is 3.40. The summed E-state index contributed by atoms with van der Waals surface area (Å²) in [5.74, 6) is 0.220. The number of hydrogen-bond acceptors (Lipinski definition) is 6. The van der Waals surface area contributed by atoms with Gasteiger partial charge in [-0.25, -0.2) is 14.4 Å². The first-order valence-electron chi connectivity index (χ1n) is 9.17. The van der Waals surface area contributed by atoms with Crippen molar-refractivity contribution in [2.75, 3.05) is 62.3 Å². The van der Waals surface area contributed by atoms with E-state index in [0.717, 1.165) is 13.1 Å². The Morgan fingerprint density at radius 2 is 1.70 bits per heavy atom. The molecule has 0 atom stereocenters. The van der Waals surface area contributed by atoms with E-state index in [1.165, 1.54) is 6.07 Å². The van der Waals surface area contributed by atoms with E-state index >= 15 is 0 Å². The topological polar surface area (TPSA) is 61.8 Å². The highest BCUT2D eigenvalue weighted by molar-refractivity contribution is 5.92. The average molecular weight is 371 g/mol. The Morgan fingerprint density at radius 3 is 2.44 bits per heavy atom. The summed E-state index contributed by atoms with van der Waals surface area (Å²) < 4.78 is 19.3. The van der Waals surface area contributed by atoms with Crippen LogP contribution in [0.15, 0.2) is 36.5 Å². The van der Waals surface area contributed by atoms with Crippen molar-refractivity contribution in [3.8, 4) is 0 Å². The molecule has 0 radical (unpaired) electrons. The smallest absolute Gasteiger partial charge is 0.272 e. The molecule has 0 saturated carbocycles. The van der Waals surface area contributed by atoms with Crippen molar-refractivity contribution in [2.45, 2.75) is 0 Å². The second-order valence-electron chi connectivity index (χ2n) is 6.57. The molecule has 0 bridgehead atoms. The van der Waals surface area contributed by atoms with Crippen molar-refractivity contribution in [2.24, 2.45) is 0 Å². The van der Waals surface area contributed by atoms with Gasteiger partial charge >= 0.3 is 0 Å². The van der Waals surface area contributed by atoms with Crippen LogP contribution in [0.3, 0.4) is 0 Å². The first kappa shape index (κ1) is 17.7. The van der Waals surface area contributed by atoms with E-state index in [0.29, 0.717) is 56.7 Å². The number of carbonyl (C=O) groups is 1. The van der Waals surface area contributed by atoms with Gasteiger partial charge in [-0.05, 0) is 18.2 Å². The number of nitrogens with zero attached hydrogens (tertiary/aromatic N) is 5. The number of para-hydroxylation sites is 1. The minimum Gasteiger partial charge on any atom is -0.378 e. The summed E-state index contributed by atoms with van der Waals surface area (Å²) >= 11 is 0. The largest absolute Gasteiger partial charge is 0.378 e. The molecule has 0 N–H and O–H groups in total. The summed E-state index contributed by atoms with van der Waals surface area (Å²) in [5.41, 5.74) is 0.979. The minimum atomic E-state index is -0.233. The third-order valence-corrected chi connectivity index (χ3v) is 4.92. The lowest BCUT2D eigenvalue weighted by molar-refractivity contribution is 0.0740. The van der Waals surface area contributed by atoms with Gasteiger partial charge in [0.25, 0.3) is 5.91 Å². The molecule has 1 aromatic carbocycles. The van der Waals surface area contributed by atoms with Crippen LogP contribution in [0.2, 0.25) is 0 Å². The average Bonchev–Trinajstić information content (AvgIpc) is 2.74. The highest BCUT2D eigenvalue weighted by Crippen LogP contribution is 2.21. The number of piperazine rings is 1. The zero-order valence-corrected chi connectivity index (χ0v) is 15.1. The molecule has 3 heterocycles. The van der Waals surface area contributed by atoms with Crippen LogP contribution in [0, 0.1) is 5.82 Å². The number of amides is 1. The van der Waals surface area contributed by atoms with E-state index < -0.39 is 0 Å². The second-order valence-corrected chi connectivity index (χ2v) is 6.57. The quantitative estimate of drug-likeness (QED) is 0.813. The lowest BCUT2D eigenvalue weighted by Gasteiger charge is -2.36. The highest BCUT2D eigenvalue weighted by Gasteiger charge is 2.25. The summed E-state index contributed by atoms with van der Waals surface area (Å²) in [6, 6.07) is 8.38. The molecule has 4 rings (SSSR count). The van der Waals surface area contributed by atoms with Crippen molar-refractivity contribution in [1.82, 2.24) is 14.9 Å². The van der Waals surface area contributed by atoms with Gasteiger partial charge in [-0.1, -0.05) is 12.1 Å². The van der Waals surface area contributed by atoms with Gasteiger partial charge in [-0.2, -0.15) is 0 Å². The SMILES string of the molecule is O=C(c1ccnc(N2CCOCC2)n1)N1CCN(c2ccccc2F)CC1. The summed E-state index contributed by atoms with van der Waals surface area (Å²) in [6.07, 6.45) is 1.63. The van der Waals surface area contributed by atoms with Gasteiger partial charge in [-0.3, -0.25) is 4.79 Å². The van der Waals surface area contributed by atoms with Gasteiger partial charge in [0.05, 0.1) is 18.9 Å². The monoisotopic (exact) mass is 371 g/mol. The van der Waals surface area contributed by atoms with Crippen molar-refractivity contribution >= 4 is 17.5 Å². The van der Waals surface area contributed by atoms with Crippen LogP contribution in [0.5, 0.6) is 0 Å². The summed E-state index contributed by atoms with van der Waals surface area (Å²) in [7, 11) is 0. The molecule has 2 fully saturated rings. The number of anilines is 2. The molecule has 2 saturated heterocycles. The number of halogens is 1. The Labute approximate surface area is 157 Å². The maximum Gasteiger partial charge on any atom is 0.272 e. The van der Waals surface area contributed by atoms with Crippen LogP contribution in [-0.4, -0.2) is 73.3 Å².